The molecule has 2 aromatic rings. The van der Waals surface area contributed by atoms with Crippen molar-refractivity contribution in [1.82, 2.24) is 25.7 Å². The molecule has 1 atom stereocenters. The first-order chi connectivity index (χ1) is 6.86. The number of hydrogen-bond donors (Lipinski definition) is 3. The minimum absolute atomic E-state index is 0.265. The molecular formula is C9H13N5. The average Bonchev–Trinajstić information content (AvgIpc) is 2.87. The van der Waals surface area contributed by atoms with Gasteiger partial charge in [-0.2, -0.15) is 10.2 Å². The molecule has 0 saturated heterocycles. The molecule has 0 spiro atoms. The Morgan fingerprint density at radius 1 is 1.29 bits per heavy atom. The minimum Gasteiger partial charge on any atom is -0.303 e. The number of H-pyrrole nitrogens is 2. The van der Waals surface area contributed by atoms with Gasteiger partial charge in [-0.3, -0.25) is 10.2 Å². The maximum atomic E-state index is 3.90. The zero-order chi connectivity index (χ0) is 9.80. The highest BCUT2D eigenvalue weighted by atomic mass is 15.1. The fourth-order valence-electron chi connectivity index (χ4n) is 1.26. The highest BCUT2D eigenvalue weighted by Gasteiger charge is 2.05. The third kappa shape index (κ3) is 2.00. The molecule has 2 aromatic heterocycles. The Hall–Kier alpha value is -1.62. The molecule has 0 aliphatic heterocycles. The summed E-state index contributed by atoms with van der Waals surface area (Å²) in [7, 11) is 0. The first-order valence-electron chi connectivity index (χ1n) is 4.57. The van der Waals surface area contributed by atoms with Crippen molar-refractivity contribution in [2.24, 2.45) is 0 Å². The summed E-state index contributed by atoms with van der Waals surface area (Å²) in [5.41, 5.74) is 2.17. The predicted octanol–water partition coefficient (Wildman–Crippen LogP) is 0.984. The Kier molecular flexibility index (Phi) is 2.60. The lowest BCUT2D eigenvalue weighted by molar-refractivity contribution is 0.553. The number of nitrogens with one attached hydrogen (secondary N) is 3. The van der Waals surface area contributed by atoms with Crippen LogP contribution >= 0.6 is 0 Å². The van der Waals surface area contributed by atoms with Gasteiger partial charge in [-0.1, -0.05) is 0 Å². The fourth-order valence-corrected chi connectivity index (χ4v) is 1.26. The molecule has 0 saturated carbocycles. The van der Waals surface area contributed by atoms with Gasteiger partial charge in [-0.25, -0.2) is 0 Å². The molecule has 0 fully saturated rings. The number of aromatic amines is 2. The van der Waals surface area contributed by atoms with Crippen LogP contribution in [0.2, 0.25) is 0 Å². The van der Waals surface area contributed by atoms with E-state index < -0.39 is 0 Å². The number of hydrogen-bond acceptors (Lipinski definition) is 3. The van der Waals surface area contributed by atoms with Crippen LogP contribution < -0.4 is 5.32 Å². The standard InChI is InChI=1S/C9H13N5/c1-7(9-3-5-12-14-9)10-6-8-2-4-11-13-8/h2-5,7,10H,6H2,1H3,(H,11,13)(H,12,14). The van der Waals surface area contributed by atoms with Crippen molar-refractivity contribution in [3.8, 4) is 0 Å². The van der Waals surface area contributed by atoms with Gasteiger partial charge in [0.15, 0.2) is 0 Å². The van der Waals surface area contributed by atoms with Gasteiger partial charge >= 0.3 is 0 Å². The molecule has 0 aliphatic carbocycles. The zero-order valence-corrected chi connectivity index (χ0v) is 7.99. The molecular weight excluding hydrogens is 178 g/mol. The lowest BCUT2D eigenvalue weighted by Gasteiger charge is -2.10. The number of aromatic nitrogens is 4. The van der Waals surface area contributed by atoms with Crippen molar-refractivity contribution >= 4 is 0 Å². The van der Waals surface area contributed by atoms with Crippen molar-refractivity contribution < 1.29 is 0 Å². The average molecular weight is 191 g/mol. The van der Waals surface area contributed by atoms with Crippen molar-refractivity contribution in [2.45, 2.75) is 19.5 Å². The second-order valence-corrected chi connectivity index (χ2v) is 3.20. The van der Waals surface area contributed by atoms with Gasteiger partial charge in [0.1, 0.15) is 0 Å². The highest BCUT2D eigenvalue weighted by molar-refractivity contribution is 5.04. The van der Waals surface area contributed by atoms with Gasteiger partial charge < -0.3 is 5.32 Å². The molecule has 3 N–H and O–H groups in total. The van der Waals surface area contributed by atoms with Crippen LogP contribution in [0.3, 0.4) is 0 Å². The molecule has 0 bridgehead atoms. The molecule has 0 aliphatic rings. The minimum atomic E-state index is 0.265. The smallest absolute Gasteiger partial charge is 0.0518 e. The summed E-state index contributed by atoms with van der Waals surface area (Å²) in [6.45, 7) is 2.87. The maximum absolute atomic E-state index is 3.90. The van der Waals surface area contributed by atoms with Gasteiger partial charge in [0.25, 0.3) is 0 Å². The molecule has 0 radical (unpaired) electrons. The summed E-state index contributed by atoms with van der Waals surface area (Å²) in [4.78, 5) is 0. The van der Waals surface area contributed by atoms with Crippen molar-refractivity contribution in [2.75, 3.05) is 0 Å². The van der Waals surface area contributed by atoms with E-state index in [0.29, 0.717) is 0 Å². The number of rotatable bonds is 4. The SMILES string of the molecule is CC(NCc1ccn[nH]1)c1ccn[nH]1. The molecule has 5 nitrogen and oxygen atoms in total. The molecule has 2 heterocycles. The van der Waals surface area contributed by atoms with Crippen molar-refractivity contribution in [3.05, 3.63) is 35.9 Å². The highest BCUT2D eigenvalue weighted by Crippen LogP contribution is 2.07. The second kappa shape index (κ2) is 4.06. The maximum Gasteiger partial charge on any atom is 0.0518 e. The Balaban J connectivity index is 1.87. The summed E-state index contributed by atoms with van der Waals surface area (Å²) in [5, 5.41) is 17.0. The Morgan fingerprint density at radius 3 is 2.71 bits per heavy atom. The molecule has 0 amide bonds. The van der Waals surface area contributed by atoms with Crippen LogP contribution in [0.1, 0.15) is 24.4 Å². The van der Waals surface area contributed by atoms with Crippen LogP contribution in [-0.2, 0) is 6.54 Å². The van der Waals surface area contributed by atoms with E-state index >= 15 is 0 Å². The summed E-state index contributed by atoms with van der Waals surface area (Å²) in [6.07, 6.45) is 3.50. The third-order valence-corrected chi connectivity index (χ3v) is 2.15. The van der Waals surface area contributed by atoms with Gasteiger partial charge in [0.05, 0.1) is 5.69 Å². The molecule has 14 heavy (non-hydrogen) atoms. The van der Waals surface area contributed by atoms with Gasteiger partial charge in [-0.05, 0) is 19.1 Å². The van der Waals surface area contributed by atoms with Gasteiger partial charge in [0, 0.05) is 30.7 Å². The topological polar surface area (TPSA) is 69.4 Å². The van der Waals surface area contributed by atoms with E-state index in [-0.39, 0.29) is 6.04 Å². The van der Waals surface area contributed by atoms with Crippen LogP contribution in [0.15, 0.2) is 24.5 Å². The lowest BCUT2D eigenvalue weighted by atomic mass is 10.2. The van der Waals surface area contributed by atoms with E-state index in [1.807, 2.05) is 12.1 Å². The number of nitrogens with zero attached hydrogens (tertiary/aromatic N) is 2. The zero-order valence-electron chi connectivity index (χ0n) is 7.99. The van der Waals surface area contributed by atoms with Gasteiger partial charge in [0.2, 0.25) is 0 Å². The van der Waals surface area contributed by atoms with Crippen LogP contribution in [-0.4, -0.2) is 20.4 Å². The summed E-state index contributed by atoms with van der Waals surface area (Å²) >= 11 is 0. The van der Waals surface area contributed by atoms with Gasteiger partial charge in [-0.15, -0.1) is 0 Å². The van der Waals surface area contributed by atoms with E-state index in [4.69, 9.17) is 0 Å². The lowest BCUT2D eigenvalue weighted by Crippen LogP contribution is -2.18. The van der Waals surface area contributed by atoms with Crippen LogP contribution in [0.25, 0.3) is 0 Å². The van der Waals surface area contributed by atoms with E-state index in [1.165, 1.54) is 0 Å². The van der Waals surface area contributed by atoms with Crippen LogP contribution in [0.4, 0.5) is 0 Å². The van der Waals surface area contributed by atoms with Crippen molar-refractivity contribution in [1.29, 1.82) is 0 Å². The second-order valence-electron chi connectivity index (χ2n) is 3.20. The Bertz CT molecular complexity index is 350. The fraction of sp³-hybridized carbons (Fsp3) is 0.333. The van der Waals surface area contributed by atoms with E-state index in [1.54, 1.807) is 12.4 Å². The Labute approximate surface area is 81.9 Å². The summed E-state index contributed by atoms with van der Waals surface area (Å²) < 4.78 is 0. The first-order valence-corrected chi connectivity index (χ1v) is 4.57. The molecule has 2 rings (SSSR count). The monoisotopic (exact) mass is 191 g/mol. The molecule has 0 aromatic carbocycles. The summed E-state index contributed by atoms with van der Waals surface area (Å²) in [6, 6.07) is 4.18. The first kappa shape index (κ1) is 8.96. The third-order valence-electron chi connectivity index (χ3n) is 2.15. The molecule has 1 unspecified atom stereocenters. The van der Waals surface area contributed by atoms with E-state index in [9.17, 15) is 0 Å². The van der Waals surface area contributed by atoms with Crippen LogP contribution in [0.5, 0.6) is 0 Å². The normalized spacial score (nSPS) is 12.9. The van der Waals surface area contributed by atoms with Crippen molar-refractivity contribution in [3.63, 3.8) is 0 Å². The molecule has 5 heteroatoms. The predicted molar refractivity (Wildman–Crippen MR) is 52.4 cm³/mol. The van der Waals surface area contributed by atoms with Crippen LogP contribution in [0, 0.1) is 0 Å². The van der Waals surface area contributed by atoms with E-state index in [0.717, 1.165) is 17.9 Å². The quantitative estimate of drug-likeness (QED) is 0.674. The molecule has 74 valence electrons. The summed E-state index contributed by atoms with van der Waals surface area (Å²) in [5.74, 6) is 0. The Morgan fingerprint density at radius 2 is 2.07 bits per heavy atom. The largest absolute Gasteiger partial charge is 0.303 e. The van der Waals surface area contributed by atoms with E-state index in [2.05, 4.69) is 32.6 Å².